The predicted octanol–water partition coefficient (Wildman–Crippen LogP) is 2.35. The van der Waals surface area contributed by atoms with Crippen LogP contribution in [0.15, 0.2) is 47.4 Å². The highest BCUT2D eigenvalue weighted by Gasteiger charge is 2.18. The number of nitrogens with two attached hydrogens (primary N) is 1. The van der Waals surface area contributed by atoms with Gasteiger partial charge in [0.15, 0.2) is 0 Å². The Labute approximate surface area is 138 Å². The Morgan fingerprint density at radius 2 is 1.83 bits per heavy atom. The number of hydrogen-bond acceptors (Lipinski definition) is 5. The fraction of sp³-hybridized carbons (Fsp3) is 0.133. The zero-order chi connectivity index (χ0) is 17.0. The summed E-state index contributed by atoms with van der Waals surface area (Å²) < 4.78 is 33.1. The summed E-state index contributed by atoms with van der Waals surface area (Å²) >= 11 is 5.77. The van der Waals surface area contributed by atoms with Crippen LogP contribution in [0, 0.1) is 0 Å². The fourth-order valence-corrected chi connectivity index (χ4v) is 2.69. The number of methoxy groups -OCH3 is 1. The molecule has 2 N–H and O–H groups in total. The highest BCUT2D eigenvalue weighted by molar-refractivity contribution is 7.89. The van der Waals surface area contributed by atoms with E-state index in [9.17, 15) is 13.2 Å². The number of ether oxygens (including phenoxy) is 2. The molecule has 0 aromatic heterocycles. The Hall–Kier alpha value is -2.09. The minimum absolute atomic E-state index is 0.0345. The first-order valence-electron chi connectivity index (χ1n) is 6.43. The summed E-state index contributed by atoms with van der Waals surface area (Å²) in [5.41, 5.74) is 0.812. The predicted molar refractivity (Wildman–Crippen MR) is 84.9 cm³/mol. The summed E-state index contributed by atoms with van der Waals surface area (Å²) in [4.78, 5) is 11.8. The molecule has 23 heavy (non-hydrogen) atoms. The molecule has 2 rings (SSSR count). The van der Waals surface area contributed by atoms with Gasteiger partial charge in [-0.05, 0) is 35.9 Å². The summed E-state index contributed by atoms with van der Waals surface area (Å²) in [6.45, 7) is 0.0345. The van der Waals surface area contributed by atoms with Crippen LogP contribution in [-0.4, -0.2) is 21.5 Å². The van der Waals surface area contributed by atoms with Crippen LogP contribution in [0.4, 0.5) is 0 Å². The molecule has 2 aromatic rings. The third kappa shape index (κ3) is 4.44. The normalized spacial score (nSPS) is 11.1. The zero-order valence-corrected chi connectivity index (χ0v) is 13.7. The summed E-state index contributed by atoms with van der Waals surface area (Å²) in [5, 5.41) is 5.69. The lowest BCUT2D eigenvalue weighted by atomic mass is 10.2. The highest BCUT2D eigenvalue weighted by atomic mass is 35.5. The van der Waals surface area contributed by atoms with E-state index in [1.165, 1.54) is 19.2 Å². The second kappa shape index (κ2) is 6.99. The van der Waals surface area contributed by atoms with Gasteiger partial charge in [-0.25, -0.2) is 18.4 Å². The van der Waals surface area contributed by atoms with Crippen LogP contribution in [0.5, 0.6) is 5.75 Å². The number of carbonyl (C=O) groups excluding carboxylic acids is 1. The average Bonchev–Trinajstić information content (AvgIpc) is 2.52. The van der Waals surface area contributed by atoms with Gasteiger partial charge in [-0.1, -0.05) is 23.7 Å². The first kappa shape index (κ1) is 17.3. The largest absolute Gasteiger partial charge is 0.495 e. The van der Waals surface area contributed by atoms with Gasteiger partial charge in [0.2, 0.25) is 10.0 Å². The molecule has 0 saturated heterocycles. The third-order valence-electron chi connectivity index (χ3n) is 2.99. The molecular weight excluding hydrogens is 342 g/mol. The molecule has 0 amide bonds. The number of benzene rings is 2. The molecule has 8 heteroatoms. The number of halogens is 1. The van der Waals surface area contributed by atoms with Crippen molar-refractivity contribution in [3.63, 3.8) is 0 Å². The first-order chi connectivity index (χ1) is 10.8. The first-order valence-corrected chi connectivity index (χ1v) is 8.36. The molecule has 0 spiro atoms. The number of sulfonamides is 1. The van der Waals surface area contributed by atoms with E-state index >= 15 is 0 Å². The van der Waals surface area contributed by atoms with Crippen LogP contribution in [0.2, 0.25) is 5.02 Å². The van der Waals surface area contributed by atoms with E-state index in [4.69, 9.17) is 26.2 Å². The zero-order valence-electron chi connectivity index (χ0n) is 12.2. The second-order valence-electron chi connectivity index (χ2n) is 4.61. The van der Waals surface area contributed by atoms with E-state index in [0.29, 0.717) is 5.02 Å². The van der Waals surface area contributed by atoms with Crippen molar-refractivity contribution < 1.29 is 22.7 Å². The van der Waals surface area contributed by atoms with Gasteiger partial charge in [0.05, 0.1) is 12.7 Å². The van der Waals surface area contributed by atoms with Crippen LogP contribution in [0.25, 0.3) is 0 Å². The number of hydrogen-bond donors (Lipinski definition) is 1. The van der Waals surface area contributed by atoms with Crippen LogP contribution < -0.4 is 9.88 Å². The van der Waals surface area contributed by atoms with E-state index in [0.717, 1.165) is 11.6 Å². The molecule has 0 bridgehead atoms. The van der Waals surface area contributed by atoms with Crippen LogP contribution in [-0.2, 0) is 21.4 Å². The molecule has 6 nitrogen and oxygen atoms in total. The summed E-state index contributed by atoms with van der Waals surface area (Å²) in [6.07, 6.45) is 0. The van der Waals surface area contributed by atoms with Crippen LogP contribution in [0.1, 0.15) is 15.9 Å². The van der Waals surface area contributed by atoms with Crippen molar-refractivity contribution in [2.45, 2.75) is 11.5 Å². The molecule has 0 aliphatic rings. The number of rotatable bonds is 5. The molecule has 0 saturated carbocycles. The Kier molecular flexibility index (Phi) is 5.25. The van der Waals surface area contributed by atoms with Crippen LogP contribution >= 0.6 is 11.6 Å². The Bertz CT molecular complexity index is 818. The molecule has 0 aliphatic carbocycles. The maximum absolute atomic E-state index is 12.0. The number of esters is 1. The quantitative estimate of drug-likeness (QED) is 0.830. The van der Waals surface area contributed by atoms with E-state index in [1.54, 1.807) is 24.3 Å². The van der Waals surface area contributed by atoms with Crippen LogP contribution in [0.3, 0.4) is 0 Å². The topological polar surface area (TPSA) is 95.7 Å². The molecule has 0 radical (unpaired) electrons. The molecule has 2 aromatic carbocycles. The van der Waals surface area contributed by atoms with E-state index in [-0.39, 0.29) is 22.8 Å². The minimum atomic E-state index is -4.02. The van der Waals surface area contributed by atoms with Gasteiger partial charge in [-0.15, -0.1) is 0 Å². The van der Waals surface area contributed by atoms with E-state index < -0.39 is 16.0 Å². The number of carbonyl (C=O) groups is 1. The summed E-state index contributed by atoms with van der Waals surface area (Å²) in [7, 11) is -2.71. The monoisotopic (exact) mass is 355 g/mol. The lowest BCUT2D eigenvalue weighted by molar-refractivity contribution is 0.0472. The Balaban J connectivity index is 2.18. The standard InChI is InChI=1S/C15H14ClNO5S/c1-21-13-7-4-11(8-14(13)23(17,19)20)15(18)22-9-10-2-5-12(16)6-3-10/h2-8H,9H2,1H3,(H2,17,19,20). The van der Waals surface area contributed by atoms with Gasteiger partial charge in [-0.3, -0.25) is 0 Å². The third-order valence-corrected chi connectivity index (χ3v) is 4.17. The minimum Gasteiger partial charge on any atom is -0.495 e. The smallest absolute Gasteiger partial charge is 0.338 e. The summed E-state index contributed by atoms with van der Waals surface area (Å²) in [6, 6.07) is 10.7. The van der Waals surface area contributed by atoms with Crippen molar-refractivity contribution in [3.05, 3.63) is 58.6 Å². The second-order valence-corrected chi connectivity index (χ2v) is 6.58. The molecule has 0 fully saturated rings. The van der Waals surface area contributed by atoms with Crippen molar-refractivity contribution in [2.75, 3.05) is 7.11 Å². The van der Waals surface area contributed by atoms with Gasteiger partial charge in [0.25, 0.3) is 0 Å². The van der Waals surface area contributed by atoms with Crippen molar-refractivity contribution in [2.24, 2.45) is 5.14 Å². The fourth-order valence-electron chi connectivity index (χ4n) is 1.84. The van der Waals surface area contributed by atoms with E-state index in [1.807, 2.05) is 0 Å². The Morgan fingerprint density at radius 3 is 2.39 bits per heavy atom. The Morgan fingerprint density at radius 1 is 1.17 bits per heavy atom. The lowest BCUT2D eigenvalue weighted by Crippen LogP contribution is -2.15. The molecule has 0 aliphatic heterocycles. The lowest BCUT2D eigenvalue weighted by Gasteiger charge is -2.09. The van der Waals surface area contributed by atoms with Crippen molar-refractivity contribution in [1.82, 2.24) is 0 Å². The number of primary sulfonamides is 1. The molecular formula is C15H14ClNO5S. The SMILES string of the molecule is COc1ccc(C(=O)OCc2ccc(Cl)cc2)cc1S(N)(=O)=O. The summed E-state index contributed by atoms with van der Waals surface area (Å²) in [5.74, 6) is -0.616. The van der Waals surface area contributed by atoms with Crippen molar-refractivity contribution in [1.29, 1.82) is 0 Å². The van der Waals surface area contributed by atoms with Gasteiger partial charge < -0.3 is 9.47 Å². The van der Waals surface area contributed by atoms with E-state index in [2.05, 4.69) is 0 Å². The molecule has 0 atom stereocenters. The van der Waals surface area contributed by atoms with Gasteiger partial charge >= 0.3 is 5.97 Å². The highest BCUT2D eigenvalue weighted by Crippen LogP contribution is 2.24. The molecule has 0 heterocycles. The van der Waals surface area contributed by atoms with Gasteiger partial charge in [0.1, 0.15) is 17.3 Å². The van der Waals surface area contributed by atoms with Gasteiger partial charge in [-0.2, -0.15) is 0 Å². The van der Waals surface area contributed by atoms with Crippen molar-refractivity contribution >= 4 is 27.6 Å². The van der Waals surface area contributed by atoms with Gasteiger partial charge in [0, 0.05) is 5.02 Å². The average molecular weight is 356 g/mol. The van der Waals surface area contributed by atoms with Crippen molar-refractivity contribution in [3.8, 4) is 5.75 Å². The molecule has 0 unspecified atom stereocenters. The maximum Gasteiger partial charge on any atom is 0.338 e. The molecule has 122 valence electrons. The maximum atomic E-state index is 12.0.